The zero-order chi connectivity index (χ0) is 12.6. The molecule has 0 radical (unpaired) electrons. The predicted molar refractivity (Wildman–Crippen MR) is 68.4 cm³/mol. The number of allylic oxidation sites excluding steroid dienone is 4. The van der Waals surface area contributed by atoms with Crippen molar-refractivity contribution in [2.45, 2.75) is 13.8 Å². The highest BCUT2D eigenvalue weighted by molar-refractivity contribution is 5.34. The van der Waals surface area contributed by atoms with Crippen LogP contribution < -0.4 is 0 Å². The Morgan fingerprint density at radius 1 is 0.625 bits per heavy atom. The molecule has 0 N–H and O–H groups in total. The molecule has 0 unspecified atom stereocenters. The summed E-state index contributed by atoms with van der Waals surface area (Å²) in [6.45, 7) is 18.4. The molecule has 1 aliphatic heterocycles. The van der Waals surface area contributed by atoms with Gasteiger partial charge in [0.05, 0.1) is 0 Å². The SMILES string of the molecule is C=CC1=C(C=C)OC(C=C)=C(C=C)O1.CC. The standard InChI is InChI=1S/C12H12O2.C2H6/c1-5-9-10(6-2)14-12(8-4)11(7-3)13-9;1-2/h5-8H,1-4H2;1-2H3. The molecule has 16 heavy (non-hydrogen) atoms. The van der Waals surface area contributed by atoms with Gasteiger partial charge >= 0.3 is 0 Å². The third-order valence-electron chi connectivity index (χ3n) is 1.67. The lowest BCUT2D eigenvalue weighted by atomic mass is 10.3. The van der Waals surface area contributed by atoms with Crippen LogP contribution in [0.25, 0.3) is 0 Å². The summed E-state index contributed by atoms with van der Waals surface area (Å²) in [6.07, 6.45) is 6.22. The van der Waals surface area contributed by atoms with Gasteiger partial charge in [0.1, 0.15) is 0 Å². The van der Waals surface area contributed by atoms with Crippen LogP contribution in [0.2, 0.25) is 0 Å². The van der Waals surface area contributed by atoms with Crippen molar-refractivity contribution < 1.29 is 9.47 Å². The lowest BCUT2D eigenvalue weighted by Crippen LogP contribution is -2.06. The largest absolute Gasteiger partial charge is 0.450 e. The maximum Gasteiger partial charge on any atom is 0.169 e. The average Bonchev–Trinajstić information content (AvgIpc) is 2.39. The quantitative estimate of drug-likeness (QED) is 0.703. The summed E-state index contributed by atoms with van der Waals surface area (Å²) in [5.74, 6) is 2.11. The van der Waals surface area contributed by atoms with E-state index >= 15 is 0 Å². The van der Waals surface area contributed by atoms with E-state index in [1.807, 2.05) is 13.8 Å². The van der Waals surface area contributed by atoms with E-state index in [9.17, 15) is 0 Å². The van der Waals surface area contributed by atoms with E-state index in [1.54, 1.807) is 24.3 Å². The van der Waals surface area contributed by atoms with Crippen LogP contribution in [0.1, 0.15) is 13.8 Å². The van der Waals surface area contributed by atoms with E-state index in [4.69, 9.17) is 9.47 Å². The summed E-state index contributed by atoms with van der Waals surface area (Å²) in [7, 11) is 0. The van der Waals surface area contributed by atoms with Gasteiger partial charge in [-0.1, -0.05) is 40.2 Å². The Morgan fingerprint density at radius 3 is 0.938 bits per heavy atom. The van der Waals surface area contributed by atoms with Crippen LogP contribution >= 0.6 is 0 Å². The van der Waals surface area contributed by atoms with Crippen LogP contribution in [0, 0.1) is 0 Å². The number of rotatable bonds is 4. The van der Waals surface area contributed by atoms with Crippen LogP contribution in [-0.4, -0.2) is 0 Å². The fraction of sp³-hybridized carbons (Fsp3) is 0.143. The van der Waals surface area contributed by atoms with Crippen molar-refractivity contribution in [1.29, 1.82) is 0 Å². The van der Waals surface area contributed by atoms with Gasteiger partial charge in [0.25, 0.3) is 0 Å². The second-order valence-electron chi connectivity index (χ2n) is 2.48. The van der Waals surface area contributed by atoms with E-state index in [2.05, 4.69) is 26.3 Å². The van der Waals surface area contributed by atoms with Crippen LogP contribution in [0.15, 0.2) is 73.7 Å². The summed E-state index contributed by atoms with van der Waals surface area (Å²) >= 11 is 0. The van der Waals surface area contributed by atoms with Crippen LogP contribution in [0.4, 0.5) is 0 Å². The lowest BCUT2D eigenvalue weighted by molar-refractivity contribution is 0.209. The third-order valence-corrected chi connectivity index (χ3v) is 1.67. The molecule has 0 atom stereocenters. The first-order valence-electron chi connectivity index (χ1n) is 5.10. The molecule has 0 saturated heterocycles. The number of hydrogen-bond donors (Lipinski definition) is 0. The highest BCUT2D eigenvalue weighted by atomic mass is 16.6. The molecule has 0 aliphatic carbocycles. The molecule has 2 nitrogen and oxygen atoms in total. The Kier molecular flexibility index (Phi) is 6.45. The van der Waals surface area contributed by atoms with E-state index in [0.717, 1.165) is 0 Å². The highest BCUT2D eigenvalue weighted by Crippen LogP contribution is 2.27. The molecule has 1 rings (SSSR count). The highest BCUT2D eigenvalue weighted by Gasteiger charge is 2.16. The van der Waals surface area contributed by atoms with Gasteiger partial charge in [-0.05, 0) is 24.3 Å². The molecule has 0 bridgehead atoms. The number of ether oxygens (including phenoxy) is 2. The first kappa shape index (κ1) is 14.0. The zero-order valence-electron chi connectivity index (χ0n) is 9.95. The van der Waals surface area contributed by atoms with Crippen molar-refractivity contribution in [3.63, 3.8) is 0 Å². The van der Waals surface area contributed by atoms with Gasteiger partial charge in [-0.3, -0.25) is 0 Å². The molecule has 2 heteroatoms. The van der Waals surface area contributed by atoms with Crippen LogP contribution in [-0.2, 0) is 9.47 Å². The van der Waals surface area contributed by atoms with Gasteiger partial charge < -0.3 is 9.47 Å². The normalized spacial score (nSPS) is 13.9. The minimum atomic E-state index is 0.528. The zero-order valence-corrected chi connectivity index (χ0v) is 9.95. The number of hydrogen-bond acceptors (Lipinski definition) is 2. The third kappa shape index (κ3) is 3.02. The van der Waals surface area contributed by atoms with Crippen molar-refractivity contribution in [1.82, 2.24) is 0 Å². The molecule has 0 spiro atoms. The molecule has 86 valence electrons. The monoisotopic (exact) mass is 218 g/mol. The van der Waals surface area contributed by atoms with E-state index in [-0.39, 0.29) is 0 Å². The first-order chi connectivity index (χ1) is 7.76. The second-order valence-corrected chi connectivity index (χ2v) is 2.48. The molecule has 0 amide bonds. The van der Waals surface area contributed by atoms with Crippen molar-refractivity contribution in [3.8, 4) is 0 Å². The Morgan fingerprint density at radius 2 is 0.812 bits per heavy atom. The van der Waals surface area contributed by atoms with Crippen molar-refractivity contribution >= 4 is 0 Å². The minimum absolute atomic E-state index is 0.528. The molecule has 0 aromatic rings. The van der Waals surface area contributed by atoms with E-state index in [0.29, 0.717) is 23.0 Å². The molecule has 1 heterocycles. The Labute approximate surface area is 97.6 Å². The predicted octanol–water partition coefficient (Wildman–Crippen LogP) is 4.23. The van der Waals surface area contributed by atoms with Gasteiger partial charge in [0.2, 0.25) is 0 Å². The average molecular weight is 218 g/mol. The Bertz CT molecular complexity index is 289. The van der Waals surface area contributed by atoms with Gasteiger partial charge in [0.15, 0.2) is 23.0 Å². The molecule has 0 aromatic heterocycles. The molecule has 1 aliphatic rings. The van der Waals surface area contributed by atoms with Gasteiger partial charge in [0, 0.05) is 0 Å². The summed E-state index contributed by atoms with van der Waals surface area (Å²) in [6, 6.07) is 0. The summed E-state index contributed by atoms with van der Waals surface area (Å²) in [5, 5.41) is 0. The van der Waals surface area contributed by atoms with Crippen molar-refractivity contribution in [3.05, 3.63) is 73.7 Å². The fourth-order valence-corrected chi connectivity index (χ4v) is 1.01. The maximum atomic E-state index is 5.45. The summed E-state index contributed by atoms with van der Waals surface area (Å²) < 4.78 is 10.9. The topological polar surface area (TPSA) is 18.5 Å². The van der Waals surface area contributed by atoms with E-state index in [1.165, 1.54) is 0 Å². The fourth-order valence-electron chi connectivity index (χ4n) is 1.01. The second kappa shape index (κ2) is 7.35. The minimum Gasteiger partial charge on any atom is -0.450 e. The lowest BCUT2D eigenvalue weighted by Gasteiger charge is -2.20. The van der Waals surface area contributed by atoms with Crippen LogP contribution in [0.5, 0.6) is 0 Å². The van der Waals surface area contributed by atoms with Gasteiger partial charge in [-0.15, -0.1) is 0 Å². The maximum absolute atomic E-state index is 5.45. The smallest absolute Gasteiger partial charge is 0.169 e. The van der Waals surface area contributed by atoms with Crippen molar-refractivity contribution in [2.24, 2.45) is 0 Å². The molecular formula is C14H18O2. The Balaban J connectivity index is 0.00000106. The molecule has 0 aromatic carbocycles. The summed E-state index contributed by atoms with van der Waals surface area (Å²) in [5.41, 5.74) is 0. The first-order valence-corrected chi connectivity index (χ1v) is 5.10. The van der Waals surface area contributed by atoms with Gasteiger partial charge in [-0.25, -0.2) is 0 Å². The molecular weight excluding hydrogens is 200 g/mol. The molecule has 0 saturated carbocycles. The van der Waals surface area contributed by atoms with Crippen molar-refractivity contribution in [2.75, 3.05) is 0 Å². The Hall–Kier alpha value is -1.96. The molecule has 0 fully saturated rings. The van der Waals surface area contributed by atoms with E-state index < -0.39 is 0 Å². The van der Waals surface area contributed by atoms with Crippen LogP contribution in [0.3, 0.4) is 0 Å². The summed E-state index contributed by atoms with van der Waals surface area (Å²) in [4.78, 5) is 0. The van der Waals surface area contributed by atoms with Gasteiger partial charge in [-0.2, -0.15) is 0 Å².